The van der Waals surface area contributed by atoms with Gasteiger partial charge in [-0.2, -0.15) is 0 Å². The van der Waals surface area contributed by atoms with Gasteiger partial charge in [0.15, 0.2) is 6.10 Å². The van der Waals surface area contributed by atoms with Crippen molar-refractivity contribution in [2.45, 2.75) is 322 Å². The summed E-state index contributed by atoms with van der Waals surface area (Å²) >= 11 is 0. The minimum atomic E-state index is -0.815. The molecule has 0 saturated carbocycles. The van der Waals surface area contributed by atoms with E-state index in [2.05, 4.69) is 112 Å². The average molecular weight is 1070 g/mol. The van der Waals surface area contributed by atoms with E-state index in [9.17, 15) is 14.4 Å². The normalized spacial score (nSPS) is 12.7. The topological polar surface area (TPSA) is 78.9 Å². The summed E-state index contributed by atoms with van der Waals surface area (Å²) < 4.78 is 16.8. The molecule has 0 aromatic carbocycles. The van der Waals surface area contributed by atoms with Crippen LogP contribution in [0.15, 0.2) is 97.2 Å². The molecule has 0 aliphatic carbocycles. The van der Waals surface area contributed by atoms with Crippen molar-refractivity contribution in [2.75, 3.05) is 13.2 Å². The molecule has 0 rings (SSSR count). The Balaban J connectivity index is 4.30. The van der Waals surface area contributed by atoms with Gasteiger partial charge in [-0.1, -0.05) is 311 Å². The van der Waals surface area contributed by atoms with Crippen LogP contribution in [0, 0.1) is 0 Å². The average Bonchev–Trinajstić information content (AvgIpc) is 3.43. The molecule has 0 aromatic rings. The highest BCUT2D eigenvalue weighted by Crippen LogP contribution is 2.17. The van der Waals surface area contributed by atoms with Gasteiger partial charge in [-0.15, -0.1) is 0 Å². The Morgan fingerprint density at radius 2 is 0.532 bits per heavy atom. The number of carbonyl (C=O) groups is 3. The van der Waals surface area contributed by atoms with Gasteiger partial charge < -0.3 is 14.2 Å². The first-order valence-electron chi connectivity index (χ1n) is 32.7. The monoisotopic (exact) mass is 1070 g/mol. The minimum Gasteiger partial charge on any atom is -0.462 e. The van der Waals surface area contributed by atoms with Gasteiger partial charge in [0.25, 0.3) is 0 Å². The molecule has 1 atom stereocenters. The molecule has 0 aliphatic rings. The third kappa shape index (κ3) is 63.0. The summed E-state index contributed by atoms with van der Waals surface area (Å²) in [6, 6.07) is 0. The van der Waals surface area contributed by atoms with Gasteiger partial charge in [-0.25, -0.2) is 0 Å². The first-order chi connectivity index (χ1) is 38.0. The number of hydrogen-bond acceptors (Lipinski definition) is 6. The van der Waals surface area contributed by atoms with Crippen LogP contribution in [0.1, 0.15) is 316 Å². The Morgan fingerprint density at radius 1 is 0.273 bits per heavy atom. The van der Waals surface area contributed by atoms with Crippen LogP contribution in [0.25, 0.3) is 0 Å². The van der Waals surface area contributed by atoms with Crippen LogP contribution in [0.4, 0.5) is 0 Å². The zero-order valence-electron chi connectivity index (χ0n) is 50.7. The predicted molar refractivity (Wildman–Crippen MR) is 334 cm³/mol. The number of allylic oxidation sites excluding steroid dienone is 16. The standard InChI is InChI=1S/C71H122O6/c1-4-7-10-13-16-19-22-25-27-29-31-32-33-34-35-36-37-38-40-41-43-46-49-52-55-58-61-64-70(73)76-67-68(66-75-69(72)63-60-57-54-51-48-45-24-21-18-15-12-9-6-3)77-71(74)65-62-59-56-53-50-47-44-42-39-30-28-26-23-20-17-14-11-8-5-2/h8-9,11-12,17-18,20-21,26,28,39,42,45,48,54,57,68H,4-7,10,13-16,19,22-25,27,29-38,40-41,43-44,46-47,49-53,55-56,58-67H2,1-3H3/b11-8-,12-9-,20-17-,21-18-,28-26-,42-39-,48-45-,57-54-. The van der Waals surface area contributed by atoms with E-state index in [1.165, 1.54) is 167 Å². The third-order valence-corrected chi connectivity index (χ3v) is 14.1. The van der Waals surface area contributed by atoms with Crippen molar-refractivity contribution in [3.05, 3.63) is 97.2 Å². The molecule has 0 N–H and O–H groups in total. The number of ether oxygens (including phenoxy) is 3. The summed E-state index contributed by atoms with van der Waals surface area (Å²) in [6.45, 7) is 6.37. The Kier molecular flexibility index (Phi) is 61.8. The van der Waals surface area contributed by atoms with Crippen LogP contribution in [0.2, 0.25) is 0 Å². The van der Waals surface area contributed by atoms with E-state index in [0.717, 1.165) is 103 Å². The zero-order chi connectivity index (χ0) is 55.7. The zero-order valence-corrected chi connectivity index (χ0v) is 50.7. The van der Waals surface area contributed by atoms with Crippen LogP contribution in [-0.4, -0.2) is 37.2 Å². The van der Waals surface area contributed by atoms with Crippen molar-refractivity contribution in [1.29, 1.82) is 0 Å². The van der Waals surface area contributed by atoms with Gasteiger partial charge in [0.1, 0.15) is 13.2 Å². The van der Waals surface area contributed by atoms with Crippen molar-refractivity contribution in [3.63, 3.8) is 0 Å². The van der Waals surface area contributed by atoms with E-state index in [1.807, 2.05) is 6.08 Å². The third-order valence-electron chi connectivity index (χ3n) is 14.1. The summed E-state index contributed by atoms with van der Waals surface area (Å²) in [7, 11) is 0. The van der Waals surface area contributed by atoms with Gasteiger partial charge in [0, 0.05) is 19.3 Å². The molecule has 0 fully saturated rings. The first-order valence-corrected chi connectivity index (χ1v) is 32.7. The van der Waals surface area contributed by atoms with Gasteiger partial charge in [-0.3, -0.25) is 14.4 Å². The highest BCUT2D eigenvalue weighted by molar-refractivity contribution is 5.71. The first kappa shape index (κ1) is 73.3. The van der Waals surface area contributed by atoms with E-state index in [-0.39, 0.29) is 37.5 Å². The lowest BCUT2D eigenvalue weighted by Crippen LogP contribution is -2.30. The molecule has 442 valence electrons. The predicted octanol–water partition coefficient (Wildman–Crippen LogP) is 22.4. The summed E-state index contributed by atoms with van der Waals surface area (Å²) in [5, 5.41) is 0. The van der Waals surface area contributed by atoms with E-state index in [0.29, 0.717) is 19.3 Å². The van der Waals surface area contributed by atoms with Crippen LogP contribution in [-0.2, 0) is 28.6 Å². The lowest BCUT2D eigenvalue weighted by molar-refractivity contribution is -0.166. The number of hydrogen-bond donors (Lipinski definition) is 0. The molecular weight excluding hydrogens is 949 g/mol. The maximum Gasteiger partial charge on any atom is 0.306 e. The van der Waals surface area contributed by atoms with E-state index in [4.69, 9.17) is 14.2 Å². The molecule has 77 heavy (non-hydrogen) atoms. The van der Waals surface area contributed by atoms with Crippen molar-refractivity contribution < 1.29 is 28.6 Å². The van der Waals surface area contributed by atoms with E-state index < -0.39 is 6.10 Å². The van der Waals surface area contributed by atoms with Gasteiger partial charge in [0.05, 0.1) is 0 Å². The van der Waals surface area contributed by atoms with Crippen molar-refractivity contribution in [3.8, 4) is 0 Å². The SMILES string of the molecule is CC/C=C\C/C=C\C/C=C\C/C=C\CCCCCCCCC(=O)OC(COC(=O)CC/C=C\C/C=C\C/C=C\C/C=C\CC)COC(=O)CCCCCCCCCCCCCCCCCCCCCCCCCCCCC. The molecule has 6 nitrogen and oxygen atoms in total. The Morgan fingerprint density at radius 3 is 0.870 bits per heavy atom. The molecule has 0 saturated heterocycles. The van der Waals surface area contributed by atoms with Crippen LogP contribution < -0.4 is 0 Å². The fourth-order valence-electron chi connectivity index (χ4n) is 9.27. The highest BCUT2D eigenvalue weighted by atomic mass is 16.6. The molecule has 0 radical (unpaired) electrons. The Labute approximate surface area is 477 Å². The molecular formula is C71H122O6. The summed E-state index contributed by atoms with van der Waals surface area (Å²) in [4.78, 5) is 38.3. The fourth-order valence-corrected chi connectivity index (χ4v) is 9.27. The van der Waals surface area contributed by atoms with Crippen molar-refractivity contribution in [1.82, 2.24) is 0 Å². The quantitative estimate of drug-likeness (QED) is 0.0261. The van der Waals surface area contributed by atoms with Crippen molar-refractivity contribution in [2.24, 2.45) is 0 Å². The number of rotatable bonds is 59. The van der Waals surface area contributed by atoms with E-state index in [1.54, 1.807) is 0 Å². The molecule has 6 heteroatoms. The van der Waals surface area contributed by atoms with Gasteiger partial charge in [0.2, 0.25) is 0 Å². The Hall–Kier alpha value is -3.67. The smallest absolute Gasteiger partial charge is 0.306 e. The number of carbonyl (C=O) groups excluding carboxylic acids is 3. The lowest BCUT2D eigenvalue weighted by Gasteiger charge is -2.18. The molecule has 0 aromatic heterocycles. The second-order valence-corrected chi connectivity index (χ2v) is 21.6. The van der Waals surface area contributed by atoms with Gasteiger partial charge >= 0.3 is 17.9 Å². The maximum atomic E-state index is 12.9. The molecule has 0 bridgehead atoms. The molecule has 0 amide bonds. The maximum absolute atomic E-state index is 12.9. The van der Waals surface area contributed by atoms with E-state index >= 15 is 0 Å². The summed E-state index contributed by atoms with van der Waals surface area (Å²) in [5.74, 6) is -0.993. The highest BCUT2D eigenvalue weighted by Gasteiger charge is 2.19. The lowest BCUT2D eigenvalue weighted by atomic mass is 10.0. The largest absolute Gasteiger partial charge is 0.462 e. The van der Waals surface area contributed by atoms with Crippen molar-refractivity contribution >= 4 is 17.9 Å². The van der Waals surface area contributed by atoms with Crippen LogP contribution in [0.3, 0.4) is 0 Å². The molecule has 0 spiro atoms. The fraction of sp³-hybridized carbons (Fsp3) is 0.732. The minimum absolute atomic E-state index is 0.104. The van der Waals surface area contributed by atoms with Crippen LogP contribution >= 0.6 is 0 Å². The summed E-state index contributed by atoms with van der Waals surface area (Å²) in [5.41, 5.74) is 0. The van der Waals surface area contributed by atoms with Gasteiger partial charge in [-0.05, 0) is 83.5 Å². The summed E-state index contributed by atoms with van der Waals surface area (Å²) in [6.07, 6.45) is 87.4. The molecule has 0 heterocycles. The Bertz CT molecular complexity index is 1510. The number of esters is 3. The second kappa shape index (κ2) is 64.9. The second-order valence-electron chi connectivity index (χ2n) is 21.6. The molecule has 1 unspecified atom stereocenters. The molecule has 0 aliphatic heterocycles. The van der Waals surface area contributed by atoms with Crippen LogP contribution in [0.5, 0.6) is 0 Å². The number of unbranched alkanes of at least 4 members (excludes halogenated alkanes) is 32.